The molecule has 1 aromatic rings. The van der Waals surface area contributed by atoms with Crippen molar-refractivity contribution in [1.82, 2.24) is 5.32 Å². The number of nitrogens with one attached hydrogen (secondary N) is 1. The Balaban J connectivity index is 2.28. The van der Waals surface area contributed by atoms with E-state index in [1.165, 1.54) is 5.56 Å². The molecule has 0 radical (unpaired) electrons. The molecule has 3 nitrogen and oxygen atoms in total. The lowest BCUT2D eigenvalue weighted by Crippen LogP contribution is -2.17. The number of hydrogen-bond donors (Lipinski definition) is 1. The molecule has 2 rings (SSSR count). The third-order valence-electron chi connectivity index (χ3n) is 3.23. The van der Waals surface area contributed by atoms with Crippen molar-refractivity contribution in [1.29, 1.82) is 0 Å². The van der Waals surface area contributed by atoms with E-state index >= 15 is 0 Å². The number of ether oxygens (including phenoxy) is 2. The molecule has 3 heteroatoms. The third-order valence-corrected chi connectivity index (χ3v) is 3.23. The van der Waals surface area contributed by atoms with Crippen LogP contribution in [0, 0.1) is 0 Å². The molecule has 1 fully saturated rings. The maximum Gasteiger partial charge on any atom is 0.125 e. The van der Waals surface area contributed by atoms with E-state index in [9.17, 15) is 0 Å². The molecular formula is C14H21NO2. The number of rotatable bonds is 3. The molecule has 0 amide bonds. The van der Waals surface area contributed by atoms with E-state index in [2.05, 4.69) is 37.4 Å². The first-order valence-electron chi connectivity index (χ1n) is 6.18. The van der Waals surface area contributed by atoms with Crippen LogP contribution in [-0.2, 0) is 4.74 Å². The van der Waals surface area contributed by atoms with Crippen LogP contribution in [0.15, 0.2) is 18.2 Å². The van der Waals surface area contributed by atoms with Crippen LogP contribution in [0.4, 0.5) is 0 Å². The fraction of sp³-hybridized carbons (Fsp3) is 0.571. The van der Waals surface area contributed by atoms with Crippen LogP contribution >= 0.6 is 0 Å². The normalized spacial score (nSPS) is 24.3. The lowest BCUT2D eigenvalue weighted by molar-refractivity contribution is 0.0516. The first-order valence-corrected chi connectivity index (χ1v) is 6.18. The molecule has 0 aliphatic carbocycles. The van der Waals surface area contributed by atoms with Gasteiger partial charge in [-0.15, -0.1) is 0 Å². The SMILES string of the molecule is COc1cc(C(C)C)ccc1C1CNC(C)O1. The van der Waals surface area contributed by atoms with Gasteiger partial charge >= 0.3 is 0 Å². The summed E-state index contributed by atoms with van der Waals surface area (Å²) in [5, 5.41) is 3.28. The molecule has 0 saturated carbocycles. The molecule has 1 N–H and O–H groups in total. The van der Waals surface area contributed by atoms with Crippen molar-refractivity contribution in [3.63, 3.8) is 0 Å². The monoisotopic (exact) mass is 235 g/mol. The third kappa shape index (κ3) is 2.61. The maximum absolute atomic E-state index is 5.80. The number of methoxy groups -OCH3 is 1. The molecule has 1 aliphatic heterocycles. The average molecular weight is 235 g/mol. The van der Waals surface area contributed by atoms with Gasteiger partial charge < -0.3 is 9.47 Å². The van der Waals surface area contributed by atoms with Crippen molar-refractivity contribution in [2.24, 2.45) is 0 Å². The second-order valence-corrected chi connectivity index (χ2v) is 4.83. The minimum atomic E-state index is 0.0983. The second-order valence-electron chi connectivity index (χ2n) is 4.83. The molecule has 1 saturated heterocycles. The van der Waals surface area contributed by atoms with Gasteiger partial charge in [0.15, 0.2) is 0 Å². The van der Waals surface area contributed by atoms with E-state index in [1.54, 1.807) is 7.11 Å². The van der Waals surface area contributed by atoms with Crippen molar-refractivity contribution < 1.29 is 9.47 Å². The van der Waals surface area contributed by atoms with Gasteiger partial charge in [0.25, 0.3) is 0 Å². The Labute approximate surface area is 103 Å². The van der Waals surface area contributed by atoms with Crippen LogP contribution in [0.1, 0.15) is 43.9 Å². The average Bonchev–Trinajstić information content (AvgIpc) is 2.74. The van der Waals surface area contributed by atoms with Crippen LogP contribution in [-0.4, -0.2) is 19.9 Å². The summed E-state index contributed by atoms with van der Waals surface area (Å²) in [7, 11) is 1.72. The molecule has 17 heavy (non-hydrogen) atoms. The van der Waals surface area contributed by atoms with Crippen LogP contribution in [0.3, 0.4) is 0 Å². The molecule has 1 aliphatic rings. The summed E-state index contributed by atoms with van der Waals surface area (Å²) >= 11 is 0. The summed E-state index contributed by atoms with van der Waals surface area (Å²) in [5.74, 6) is 1.44. The van der Waals surface area contributed by atoms with Crippen molar-refractivity contribution in [3.05, 3.63) is 29.3 Å². The highest BCUT2D eigenvalue weighted by Crippen LogP contribution is 2.32. The zero-order chi connectivity index (χ0) is 12.4. The smallest absolute Gasteiger partial charge is 0.125 e. The lowest BCUT2D eigenvalue weighted by Gasteiger charge is -2.16. The van der Waals surface area contributed by atoms with E-state index in [4.69, 9.17) is 9.47 Å². The van der Waals surface area contributed by atoms with Crippen LogP contribution in [0.5, 0.6) is 5.75 Å². The Bertz CT molecular complexity index is 390. The second kappa shape index (κ2) is 5.07. The lowest BCUT2D eigenvalue weighted by atomic mass is 9.99. The summed E-state index contributed by atoms with van der Waals surface area (Å²) in [5.41, 5.74) is 2.43. The van der Waals surface area contributed by atoms with Gasteiger partial charge in [-0.05, 0) is 24.5 Å². The van der Waals surface area contributed by atoms with Gasteiger partial charge in [-0.2, -0.15) is 0 Å². The Morgan fingerprint density at radius 2 is 2.18 bits per heavy atom. The zero-order valence-corrected chi connectivity index (χ0v) is 11.0. The summed E-state index contributed by atoms with van der Waals surface area (Å²) < 4.78 is 11.3. The zero-order valence-electron chi connectivity index (χ0n) is 11.0. The van der Waals surface area contributed by atoms with Crippen molar-refractivity contribution in [2.75, 3.05) is 13.7 Å². The minimum absolute atomic E-state index is 0.0983. The number of benzene rings is 1. The van der Waals surface area contributed by atoms with Gasteiger partial charge in [0.1, 0.15) is 18.1 Å². The Kier molecular flexibility index (Phi) is 3.69. The van der Waals surface area contributed by atoms with Gasteiger partial charge in [0, 0.05) is 12.1 Å². The Hall–Kier alpha value is -1.06. The Morgan fingerprint density at radius 1 is 1.41 bits per heavy atom. The standard InChI is InChI=1S/C14H21NO2/c1-9(2)11-5-6-12(13(7-11)16-4)14-8-15-10(3)17-14/h5-7,9-10,14-15H,8H2,1-4H3. The topological polar surface area (TPSA) is 30.5 Å². The molecule has 0 spiro atoms. The fourth-order valence-electron chi connectivity index (χ4n) is 2.15. The largest absolute Gasteiger partial charge is 0.496 e. The predicted molar refractivity (Wildman–Crippen MR) is 68.4 cm³/mol. The van der Waals surface area contributed by atoms with Crippen molar-refractivity contribution >= 4 is 0 Å². The van der Waals surface area contributed by atoms with Crippen LogP contribution < -0.4 is 10.1 Å². The molecule has 0 aromatic heterocycles. The quantitative estimate of drug-likeness (QED) is 0.874. The van der Waals surface area contributed by atoms with Gasteiger partial charge in [0.05, 0.1) is 7.11 Å². The Morgan fingerprint density at radius 3 is 2.71 bits per heavy atom. The summed E-state index contributed by atoms with van der Waals surface area (Å²) in [6.45, 7) is 7.24. The molecule has 1 heterocycles. The highest BCUT2D eigenvalue weighted by Gasteiger charge is 2.25. The molecule has 1 aromatic carbocycles. The highest BCUT2D eigenvalue weighted by atomic mass is 16.5. The minimum Gasteiger partial charge on any atom is -0.496 e. The van der Waals surface area contributed by atoms with E-state index in [0.29, 0.717) is 5.92 Å². The van der Waals surface area contributed by atoms with Gasteiger partial charge in [-0.3, -0.25) is 5.32 Å². The molecule has 94 valence electrons. The summed E-state index contributed by atoms with van der Waals surface area (Å²) in [4.78, 5) is 0. The summed E-state index contributed by atoms with van der Waals surface area (Å²) in [6.07, 6.45) is 0.218. The van der Waals surface area contributed by atoms with E-state index in [-0.39, 0.29) is 12.3 Å². The summed E-state index contributed by atoms with van der Waals surface area (Å²) in [6, 6.07) is 6.40. The van der Waals surface area contributed by atoms with Gasteiger partial charge in [-0.1, -0.05) is 26.0 Å². The van der Waals surface area contributed by atoms with E-state index < -0.39 is 0 Å². The molecule has 2 atom stereocenters. The van der Waals surface area contributed by atoms with E-state index in [1.807, 2.05) is 6.92 Å². The molecule has 0 bridgehead atoms. The van der Waals surface area contributed by atoms with Crippen LogP contribution in [0.25, 0.3) is 0 Å². The van der Waals surface area contributed by atoms with Crippen molar-refractivity contribution in [2.45, 2.75) is 39.0 Å². The fourth-order valence-corrected chi connectivity index (χ4v) is 2.15. The van der Waals surface area contributed by atoms with Crippen molar-refractivity contribution in [3.8, 4) is 5.75 Å². The highest BCUT2D eigenvalue weighted by molar-refractivity contribution is 5.40. The number of hydrogen-bond acceptors (Lipinski definition) is 3. The van der Waals surface area contributed by atoms with E-state index in [0.717, 1.165) is 17.9 Å². The first kappa shape index (κ1) is 12.4. The van der Waals surface area contributed by atoms with Gasteiger partial charge in [0.2, 0.25) is 0 Å². The predicted octanol–water partition coefficient (Wildman–Crippen LogP) is 2.83. The first-order chi connectivity index (χ1) is 8.11. The molecule has 2 unspecified atom stereocenters. The maximum atomic E-state index is 5.80. The molecular weight excluding hydrogens is 214 g/mol. The van der Waals surface area contributed by atoms with Gasteiger partial charge in [-0.25, -0.2) is 0 Å². The van der Waals surface area contributed by atoms with Crippen LogP contribution in [0.2, 0.25) is 0 Å².